The number of likely N-dealkylation sites (tertiary alicyclic amines) is 1. The number of nitrogens with zero attached hydrogens (tertiary/aromatic N) is 1. The van der Waals surface area contributed by atoms with E-state index < -0.39 is 18.5 Å². The van der Waals surface area contributed by atoms with Gasteiger partial charge in [-0.15, -0.1) is 0 Å². The third-order valence-electron chi connectivity index (χ3n) is 6.97. The zero-order valence-corrected chi connectivity index (χ0v) is 18.5. The predicted molar refractivity (Wildman–Crippen MR) is 111 cm³/mol. The number of hydrogen-bond acceptors (Lipinski definition) is 5. The van der Waals surface area contributed by atoms with Crippen molar-refractivity contribution in [2.75, 3.05) is 13.2 Å². The number of aromatic amines is 1. The number of ketones is 2. The van der Waals surface area contributed by atoms with Gasteiger partial charge in [0.1, 0.15) is 0 Å². The monoisotopic (exact) mass is 416 g/mol. The number of rotatable bonds is 6. The first kappa shape index (κ1) is 22.2. The maximum Gasteiger partial charge on any atom is 0.311 e. The Balaban J connectivity index is 1.59. The van der Waals surface area contributed by atoms with Crippen molar-refractivity contribution in [2.24, 2.45) is 17.8 Å². The van der Waals surface area contributed by atoms with Crippen LogP contribution in [0.1, 0.15) is 78.6 Å². The molecule has 1 N–H and O–H groups in total. The van der Waals surface area contributed by atoms with E-state index in [-0.39, 0.29) is 29.9 Å². The molecule has 2 heterocycles. The number of hydrogen-bond donors (Lipinski definition) is 1. The predicted octanol–water partition coefficient (Wildman–Crippen LogP) is 3.23. The molecule has 0 radical (unpaired) electrons. The molecular weight excluding hydrogens is 384 g/mol. The minimum absolute atomic E-state index is 0.00355. The van der Waals surface area contributed by atoms with Gasteiger partial charge in [-0.2, -0.15) is 0 Å². The summed E-state index contributed by atoms with van der Waals surface area (Å²) in [4.78, 5) is 54.2. The highest BCUT2D eigenvalue weighted by Crippen LogP contribution is 2.36. The van der Waals surface area contributed by atoms with Crippen molar-refractivity contribution in [3.63, 3.8) is 0 Å². The fourth-order valence-corrected chi connectivity index (χ4v) is 5.09. The van der Waals surface area contributed by atoms with Gasteiger partial charge < -0.3 is 14.6 Å². The molecule has 2 aliphatic rings. The minimum atomic E-state index is -0.533. The second kappa shape index (κ2) is 8.74. The molecule has 0 aromatic carbocycles. The summed E-state index contributed by atoms with van der Waals surface area (Å²) in [6.07, 6.45) is 3.39. The molecule has 1 aromatic rings. The van der Waals surface area contributed by atoms with E-state index in [9.17, 15) is 19.2 Å². The highest BCUT2D eigenvalue weighted by atomic mass is 16.5. The molecule has 0 spiro atoms. The van der Waals surface area contributed by atoms with Crippen LogP contribution in [0.3, 0.4) is 0 Å². The SMILES string of the molecule is CC(=O)c1c(C)[nH]c(C(=O)COC(=O)[C@@H]2CC(=O)N([C@@H]3CCC[C@H](C)[C@@H]3C)C2)c1C. The van der Waals surface area contributed by atoms with Crippen LogP contribution in [-0.2, 0) is 14.3 Å². The second-order valence-corrected chi connectivity index (χ2v) is 8.99. The van der Waals surface area contributed by atoms with Gasteiger partial charge in [0.15, 0.2) is 12.4 Å². The molecule has 0 bridgehead atoms. The summed E-state index contributed by atoms with van der Waals surface area (Å²) in [5.41, 5.74) is 1.99. The van der Waals surface area contributed by atoms with E-state index in [1.54, 1.807) is 13.8 Å². The molecule has 164 valence electrons. The van der Waals surface area contributed by atoms with E-state index >= 15 is 0 Å². The summed E-state index contributed by atoms with van der Waals surface area (Å²) >= 11 is 0. The lowest BCUT2D eigenvalue weighted by atomic mass is 9.77. The van der Waals surface area contributed by atoms with Crippen molar-refractivity contribution in [2.45, 2.75) is 66.3 Å². The summed E-state index contributed by atoms with van der Waals surface area (Å²) in [6.45, 7) is 9.25. The molecule has 7 nitrogen and oxygen atoms in total. The Bertz CT molecular complexity index is 871. The minimum Gasteiger partial charge on any atom is -0.457 e. The molecule has 4 atom stereocenters. The normalized spacial score (nSPS) is 26.7. The molecule has 1 aromatic heterocycles. The Kier molecular flexibility index (Phi) is 6.48. The molecule has 1 aliphatic carbocycles. The number of aryl methyl sites for hydroxylation is 1. The quantitative estimate of drug-likeness (QED) is 0.567. The van der Waals surface area contributed by atoms with Gasteiger partial charge in [-0.05, 0) is 44.6 Å². The molecule has 7 heteroatoms. The number of nitrogens with one attached hydrogen (secondary N) is 1. The molecule has 1 aliphatic heterocycles. The number of ether oxygens (including phenoxy) is 1. The van der Waals surface area contributed by atoms with E-state index in [1.165, 1.54) is 13.3 Å². The van der Waals surface area contributed by atoms with Crippen molar-refractivity contribution in [3.8, 4) is 0 Å². The van der Waals surface area contributed by atoms with Crippen molar-refractivity contribution >= 4 is 23.4 Å². The summed E-state index contributed by atoms with van der Waals surface area (Å²) in [6, 6.07) is 0.176. The highest BCUT2D eigenvalue weighted by Gasteiger charge is 2.42. The average Bonchev–Trinajstić information content (AvgIpc) is 3.21. The van der Waals surface area contributed by atoms with Crippen LogP contribution in [0.4, 0.5) is 0 Å². The van der Waals surface area contributed by atoms with Crippen molar-refractivity contribution in [3.05, 3.63) is 22.5 Å². The topological polar surface area (TPSA) is 96.5 Å². The number of Topliss-reactive ketones (excluding diaryl/α,β-unsaturated/α-hetero) is 2. The lowest BCUT2D eigenvalue weighted by molar-refractivity contribution is -0.147. The Labute approximate surface area is 177 Å². The van der Waals surface area contributed by atoms with Gasteiger partial charge in [0.25, 0.3) is 0 Å². The Hall–Kier alpha value is -2.44. The van der Waals surface area contributed by atoms with Crippen LogP contribution in [0, 0.1) is 31.6 Å². The zero-order valence-electron chi connectivity index (χ0n) is 18.5. The molecule has 1 amide bonds. The van der Waals surface area contributed by atoms with Crippen LogP contribution in [0.15, 0.2) is 0 Å². The van der Waals surface area contributed by atoms with Crippen LogP contribution >= 0.6 is 0 Å². The van der Waals surface area contributed by atoms with Crippen LogP contribution in [0.5, 0.6) is 0 Å². The third-order valence-corrected chi connectivity index (χ3v) is 6.97. The smallest absolute Gasteiger partial charge is 0.311 e. The third kappa shape index (κ3) is 4.20. The number of aromatic nitrogens is 1. The van der Waals surface area contributed by atoms with Gasteiger partial charge >= 0.3 is 5.97 Å². The molecule has 1 saturated carbocycles. The van der Waals surface area contributed by atoms with Gasteiger partial charge in [-0.1, -0.05) is 26.7 Å². The lowest BCUT2D eigenvalue weighted by Gasteiger charge is -2.39. The highest BCUT2D eigenvalue weighted by molar-refractivity contribution is 6.04. The van der Waals surface area contributed by atoms with Crippen LogP contribution < -0.4 is 0 Å². The van der Waals surface area contributed by atoms with Crippen molar-refractivity contribution in [1.82, 2.24) is 9.88 Å². The van der Waals surface area contributed by atoms with Crippen LogP contribution in [-0.4, -0.2) is 52.5 Å². The van der Waals surface area contributed by atoms with E-state index in [0.29, 0.717) is 40.9 Å². The number of esters is 1. The summed E-state index contributed by atoms with van der Waals surface area (Å²) < 4.78 is 5.27. The largest absolute Gasteiger partial charge is 0.457 e. The van der Waals surface area contributed by atoms with E-state index in [4.69, 9.17) is 4.74 Å². The maximum atomic E-state index is 12.6. The zero-order chi connectivity index (χ0) is 22.2. The molecule has 2 fully saturated rings. The fourth-order valence-electron chi connectivity index (χ4n) is 5.09. The van der Waals surface area contributed by atoms with Gasteiger partial charge in [0, 0.05) is 30.3 Å². The Morgan fingerprint density at radius 3 is 2.50 bits per heavy atom. The van der Waals surface area contributed by atoms with E-state index in [1.807, 2.05) is 4.90 Å². The Morgan fingerprint density at radius 1 is 1.17 bits per heavy atom. The van der Waals surface area contributed by atoms with Gasteiger partial charge in [-0.3, -0.25) is 19.2 Å². The molecule has 0 unspecified atom stereocenters. The Morgan fingerprint density at radius 2 is 1.87 bits per heavy atom. The second-order valence-electron chi connectivity index (χ2n) is 8.99. The van der Waals surface area contributed by atoms with Crippen LogP contribution in [0.25, 0.3) is 0 Å². The molecule has 30 heavy (non-hydrogen) atoms. The summed E-state index contributed by atoms with van der Waals surface area (Å²) in [5.74, 6) is -0.574. The molecule has 1 saturated heterocycles. The van der Waals surface area contributed by atoms with Gasteiger partial charge in [-0.25, -0.2) is 0 Å². The van der Waals surface area contributed by atoms with Crippen LogP contribution in [0.2, 0.25) is 0 Å². The van der Waals surface area contributed by atoms with Crippen molar-refractivity contribution < 1.29 is 23.9 Å². The van der Waals surface area contributed by atoms with E-state index in [0.717, 1.165) is 12.8 Å². The summed E-state index contributed by atoms with van der Waals surface area (Å²) in [7, 11) is 0. The number of carbonyl (C=O) groups is 4. The maximum absolute atomic E-state index is 12.6. The first-order chi connectivity index (χ1) is 14.1. The lowest BCUT2D eigenvalue weighted by Crippen LogP contribution is -2.45. The first-order valence-corrected chi connectivity index (χ1v) is 10.8. The first-order valence-electron chi connectivity index (χ1n) is 10.8. The average molecular weight is 417 g/mol. The van der Waals surface area contributed by atoms with Crippen molar-refractivity contribution in [1.29, 1.82) is 0 Å². The number of amides is 1. The number of carbonyl (C=O) groups excluding carboxylic acids is 4. The fraction of sp³-hybridized carbons (Fsp3) is 0.652. The van der Waals surface area contributed by atoms with Gasteiger partial charge in [0.2, 0.25) is 11.7 Å². The molecular formula is C23H32N2O5. The van der Waals surface area contributed by atoms with Gasteiger partial charge in [0.05, 0.1) is 11.6 Å². The number of H-pyrrole nitrogens is 1. The summed E-state index contributed by atoms with van der Waals surface area (Å²) in [5, 5.41) is 0. The van der Waals surface area contributed by atoms with E-state index in [2.05, 4.69) is 18.8 Å². The standard InChI is InChI=1S/C23H32N2O5/c1-12-7-6-8-18(13(12)2)25-10-17(9-20(25)28)23(29)30-11-19(27)22-14(3)21(16(5)26)15(4)24-22/h12-13,17-18,24H,6-11H2,1-5H3/t12-,13-,17+,18+/m0/s1. The molecule has 3 rings (SSSR count).